The van der Waals surface area contributed by atoms with Crippen LogP contribution in [0.3, 0.4) is 0 Å². The molecule has 0 aliphatic rings. The number of nitrogen functional groups attached to an aromatic ring is 1. The van der Waals surface area contributed by atoms with E-state index in [9.17, 15) is 0 Å². The molecule has 6 heteroatoms. The molecule has 0 radical (unpaired) electrons. The summed E-state index contributed by atoms with van der Waals surface area (Å²) in [6, 6.07) is 9.39. The minimum Gasteiger partial charge on any atom is -0.476 e. The van der Waals surface area contributed by atoms with Crippen molar-refractivity contribution in [2.24, 2.45) is 0 Å². The summed E-state index contributed by atoms with van der Waals surface area (Å²) in [5, 5.41) is 9.16. The number of hydrogen-bond acceptors (Lipinski definition) is 6. The van der Waals surface area contributed by atoms with Gasteiger partial charge in [0.1, 0.15) is 18.1 Å². The Kier molecular flexibility index (Phi) is 4.01. The van der Waals surface area contributed by atoms with Crippen LogP contribution in [0.1, 0.15) is 12.5 Å². The third-order valence-electron chi connectivity index (χ3n) is 2.81. The van der Waals surface area contributed by atoms with Crippen LogP contribution in [0, 0.1) is 11.3 Å². The second-order valence-electron chi connectivity index (χ2n) is 4.04. The van der Waals surface area contributed by atoms with Crippen LogP contribution in [0.15, 0.2) is 30.6 Å². The molecular weight excluding hydrogens is 254 g/mol. The first-order valence-electron chi connectivity index (χ1n) is 6.15. The zero-order valence-corrected chi connectivity index (χ0v) is 11.4. The lowest BCUT2D eigenvalue weighted by Crippen LogP contribution is -2.16. The first-order chi connectivity index (χ1) is 9.69. The Hall–Kier alpha value is -2.81. The predicted octanol–water partition coefficient (Wildman–Crippen LogP) is 2.10. The average Bonchev–Trinajstić information content (AvgIpc) is 2.49. The number of nitrogens with two attached hydrogens (primary N) is 1. The summed E-state index contributed by atoms with van der Waals surface area (Å²) in [6.07, 6.45) is 1.39. The van der Waals surface area contributed by atoms with Gasteiger partial charge in [0, 0.05) is 7.05 Å². The molecule has 2 N–H and O–H groups in total. The van der Waals surface area contributed by atoms with Gasteiger partial charge in [0.25, 0.3) is 0 Å². The molecule has 2 aromatic rings. The number of anilines is 3. The number of ether oxygens (including phenoxy) is 1. The lowest BCUT2D eigenvalue weighted by Gasteiger charge is -2.21. The zero-order chi connectivity index (χ0) is 14.5. The molecular formula is C14H15N5O. The van der Waals surface area contributed by atoms with Gasteiger partial charge < -0.3 is 15.4 Å². The maximum absolute atomic E-state index is 9.16. The maximum Gasteiger partial charge on any atom is 0.242 e. The van der Waals surface area contributed by atoms with Crippen LogP contribution < -0.4 is 15.4 Å². The van der Waals surface area contributed by atoms with Gasteiger partial charge in [-0.05, 0) is 19.1 Å². The molecule has 0 fully saturated rings. The van der Waals surface area contributed by atoms with Gasteiger partial charge in [0.05, 0.1) is 17.9 Å². The van der Waals surface area contributed by atoms with Gasteiger partial charge in [0.15, 0.2) is 5.82 Å². The normalized spacial score (nSPS) is 9.85. The molecule has 6 nitrogen and oxygen atoms in total. The van der Waals surface area contributed by atoms with Crippen molar-refractivity contribution < 1.29 is 4.74 Å². The zero-order valence-electron chi connectivity index (χ0n) is 11.4. The standard InChI is InChI=1S/C14H15N5O/c1-3-20-14-12(16)13(17-9-18-14)19(2)11-7-5-4-6-10(11)8-15/h4-7,9H,3,16H2,1-2H3. The molecule has 20 heavy (non-hydrogen) atoms. The monoisotopic (exact) mass is 269 g/mol. The van der Waals surface area contributed by atoms with E-state index in [2.05, 4.69) is 16.0 Å². The van der Waals surface area contributed by atoms with Crippen molar-refractivity contribution in [3.63, 3.8) is 0 Å². The third-order valence-corrected chi connectivity index (χ3v) is 2.81. The van der Waals surface area contributed by atoms with Crippen molar-refractivity contribution in [2.75, 3.05) is 24.3 Å². The smallest absolute Gasteiger partial charge is 0.242 e. The van der Waals surface area contributed by atoms with Crippen LogP contribution >= 0.6 is 0 Å². The van der Waals surface area contributed by atoms with E-state index in [1.807, 2.05) is 25.1 Å². The first-order valence-corrected chi connectivity index (χ1v) is 6.15. The Morgan fingerprint density at radius 1 is 1.35 bits per heavy atom. The largest absolute Gasteiger partial charge is 0.476 e. The van der Waals surface area contributed by atoms with Gasteiger partial charge in [-0.3, -0.25) is 0 Å². The van der Waals surface area contributed by atoms with Crippen LogP contribution in [-0.2, 0) is 0 Å². The lowest BCUT2D eigenvalue weighted by molar-refractivity contribution is 0.328. The van der Waals surface area contributed by atoms with E-state index in [-0.39, 0.29) is 0 Å². The Balaban J connectivity index is 2.46. The first kappa shape index (κ1) is 13.6. The van der Waals surface area contributed by atoms with Gasteiger partial charge in [-0.2, -0.15) is 10.2 Å². The van der Waals surface area contributed by atoms with E-state index in [1.165, 1.54) is 6.33 Å². The predicted molar refractivity (Wildman–Crippen MR) is 76.8 cm³/mol. The topological polar surface area (TPSA) is 88.1 Å². The average molecular weight is 269 g/mol. The molecule has 1 aromatic carbocycles. The van der Waals surface area contributed by atoms with E-state index in [4.69, 9.17) is 15.7 Å². The fraction of sp³-hybridized carbons (Fsp3) is 0.214. The molecule has 0 saturated heterocycles. The van der Waals surface area contributed by atoms with Gasteiger partial charge in [-0.25, -0.2) is 4.98 Å². The summed E-state index contributed by atoms with van der Waals surface area (Å²) in [5.74, 6) is 0.852. The Morgan fingerprint density at radius 2 is 2.10 bits per heavy atom. The van der Waals surface area contributed by atoms with Crippen molar-refractivity contribution >= 4 is 17.2 Å². The summed E-state index contributed by atoms with van der Waals surface area (Å²) < 4.78 is 5.35. The van der Waals surface area contributed by atoms with Crippen LogP contribution in [0.4, 0.5) is 17.2 Å². The Bertz CT molecular complexity index is 650. The summed E-state index contributed by atoms with van der Waals surface area (Å²) in [6.45, 7) is 2.33. The van der Waals surface area contributed by atoms with E-state index in [1.54, 1.807) is 18.0 Å². The molecule has 0 aliphatic carbocycles. The molecule has 0 aliphatic heterocycles. The second kappa shape index (κ2) is 5.89. The number of benzene rings is 1. The molecule has 0 spiro atoms. The van der Waals surface area contributed by atoms with Crippen molar-refractivity contribution in [1.29, 1.82) is 5.26 Å². The molecule has 2 rings (SSSR count). The highest BCUT2D eigenvalue weighted by Gasteiger charge is 2.16. The van der Waals surface area contributed by atoms with Gasteiger partial charge >= 0.3 is 0 Å². The minimum absolute atomic E-state index is 0.346. The number of nitrogens with zero attached hydrogens (tertiary/aromatic N) is 4. The maximum atomic E-state index is 9.16. The number of rotatable bonds is 4. The van der Waals surface area contributed by atoms with Crippen molar-refractivity contribution in [3.05, 3.63) is 36.2 Å². The van der Waals surface area contributed by atoms with Crippen LogP contribution in [0.25, 0.3) is 0 Å². The fourth-order valence-corrected chi connectivity index (χ4v) is 1.86. The molecule has 1 aromatic heterocycles. The second-order valence-corrected chi connectivity index (χ2v) is 4.04. The van der Waals surface area contributed by atoms with Crippen molar-refractivity contribution in [1.82, 2.24) is 9.97 Å². The molecule has 0 atom stereocenters. The van der Waals surface area contributed by atoms with Crippen LogP contribution in [-0.4, -0.2) is 23.6 Å². The minimum atomic E-state index is 0.346. The number of hydrogen-bond donors (Lipinski definition) is 1. The summed E-state index contributed by atoms with van der Waals surface area (Å²) >= 11 is 0. The van der Waals surface area contributed by atoms with Crippen molar-refractivity contribution in [3.8, 4) is 11.9 Å². The molecule has 0 unspecified atom stereocenters. The highest BCUT2D eigenvalue weighted by molar-refractivity contribution is 5.76. The summed E-state index contributed by atoms with van der Waals surface area (Å²) in [4.78, 5) is 9.92. The molecule has 102 valence electrons. The van der Waals surface area contributed by atoms with Gasteiger partial charge in [-0.1, -0.05) is 12.1 Å². The van der Waals surface area contributed by atoms with Gasteiger partial charge in [0.2, 0.25) is 5.88 Å². The SMILES string of the molecule is CCOc1ncnc(N(C)c2ccccc2C#N)c1N. The molecule has 0 bridgehead atoms. The highest BCUT2D eigenvalue weighted by atomic mass is 16.5. The van der Waals surface area contributed by atoms with E-state index in [0.717, 1.165) is 5.69 Å². The van der Waals surface area contributed by atoms with E-state index in [0.29, 0.717) is 29.6 Å². The van der Waals surface area contributed by atoms with Crippen LogP contribution in [0.5, 0.6) is 5.88 Å². The quantitative estimate of drug-likeness (QED) is 0.914. The number of para-hydroxylation sites is 1. The Labute approximate surface area is 117 Å². The fourth-order valence-electron chi connectivity index (χ4n) is 1.86. The molecule has 0 amide bonds. The van der Waals surface area contributed by atoms with Crippen LogP contribution in [0.2, 0.25) is 0 Å². The highest BCUT2D eigenvalue weighted by Crippen LogP contribution is 2.32. The Morgan fingerprint density at radius 3 is 2.80 bits per heavy atom. The van der Waals surface area contributed by atoms with E-state index >= 15 is 0 Å². The molecule has 1 heterocycles. The number of aromatic nitrogens is 2. The molecule has 0 saturated carbocycles. The van der Waals surface area contributed by atoms with Crippen molar-refractivity contribution in [2.45, 2.75) is 6.92 Å². The number of nitriles is 1. The van der Waals surface area contributed by atoms with E-state index < -0.39 is 0 Å². The lowest BCUT2D eigenvalue weighted by atomic mass is 10.2. The van der Waals surface area contributed by atoms with Gasteiger partial charge in [-0.15, -0.1) is 0 Å². The summed E-state index contributed by atoms with van der Waals surface area (Å²) in [7, 11) is 1.80. The summed E-state index contributed by atoms with van der Waals surface area (Å²) in [5.41, 5.74) is 7.65. The third kappa shape index (κ3) is 2.47.